The van der Waals surface area contributed by atoms with Crippen LogP contribution >= 0.6 is 0 Å². The summed E-state index contributed by atoms with van der Waals surface area (Å²) in [7, 11) is 0. The highest BCUT2D eigenvalue weighted by atomic mass is 15.0. The first-order chi connectivity index (χ1) is 20.8. The van der Waals surface area contributed by atoms with Gasteiger partial charge in [0.25, 0.3) is 0 Å². The maximum atomic E-state index is 5.30. The number of hydrogen-bond donors (Lipinski definition) is 0. The van der Waals surface area contributed by atoms with Gasteiger partial charge in [-0.15, -0.1) is 0 Å². The summed E-state index contributed by atoms with van der Waals surface area (Å²) in [5.74, 6) is 0. The van der Waals surface area contributed by atoms with Gasteiger partial charge in [0.15, 0.2) is 0 Å². The van der Waals surface area contributed by atoms with Gasteiger partial charge in [-0.05, 0) is 71.4 Å². The second-order valence-corrected chi connectivity index (χ2v) is 10.9. The molecular weight excluding hydrogens is 510 g/mol. The molecule has 42 heavy (non-hydrogen) atoms. The lowest BCUT2D eigenvalue weighted by atomic mass is 10.1. The second-order valence-electron chi connectivity index (χ2n) is 10.9. The van der Waals surface area contributed by atoms with Gasteiger partial charge >= 0.3 is 0 Å². The molecule has 3 aromatic heterocycles. The Morgan fingerprint density at radius 1 is 0.381 bits per heavy atom. The predicted molar refractivity (Wildman–Crippen MR) is 176 cm³/mol. The Hall–Kier alpha value is -5.67. The van der Waals surface area contributed by atoms with E-state index in [0.29, 0.717) is 0 Å². The van der Waals surface area contributed by atoms with Crippen LogP contribution in [0.5, 0.6) is 0 Å². The van der Waals surface area contributed by atoms with Gasteiger partial charge in [0.1, 0.15) is 5.65 Å². The van der Waals surface area contributed by atoms with Gasteiger partial charge in [0, 0.05) is 38.5 Å². The maximum Gasteiger partial charge on any atom is 0.146 e. The minimum Gasteiger partial charge on any atom is -0.309 e. The van der Waals surface area contributed by atoms with Crippen molar-refractivity contribution >= 4 is 54.5 Å². The summed E-state index contributed by atoms with van der Waals surface area (Å²) in [6, 6.07) is 54.2. The van der Waals surface area contributed by atoms with Crippen LogP contribution in [0.4, 0.5) is 0 Å². The van der Waals surface area contributed by atoms with Crippen LogP contribution in [0, 0.1) is 0 Å². The van der Waals surface area contributed by atoms with Crippen LogP contribution in [0.15, 0.2) is 152 Å². The molecule has 0 atom stereocenters. The normalized spacial score (nSPS) is 11.8. The minimum absolute atomic E-state index is 0.965. The monoisotopic (exact) mass is 535 g/mol. The molecule has 6 aromatic carbocycles. The van der Waals surface area contributed by atoms with E-state index in [0.717, 1.165) is 33.5 Å². The molecule has 9 rings (SSSR count). The SMILES string of the molecule is c1ccc(-n2c3ccccc3c3ccc(-c4ccc5c(c4)c4ccccc4n5-c4ccc5ccccc5c4)nc32)cc1. The topological polar surface area (TPSA) is 22.8 Å². The number of fused-ring (bicyclic) bond motifs is 7. The van der Waals surface area contributed by atoms with Gasteiger partial charge in [-0.2, -0.15) is 0 Å². The molecule has 0 saturated heterocycles. The van der Waals surface area contributed by atoms with Gasteiger partial charge in [-0.25, -0.2) is 4.98 Å². The molecule has 0 saturated carbocycles. The standard InChI is InChI=1S/C39H25N3/c1-2-12-29(13-3-1)42-37-17-9-6-14-31(37)33-21-22-35(40-39(33)42)28-19-23-38-34(25-28)32-15-7-8-16-36(32)41(38)30-20-18-26-10-4-5-11-27(26)24-30/h1-25H. The van der Waals surface area contributed by atoms with E-state index < -0.39 is 0 Å². The molecule has 0 aliphatic carbocycles. The summed E-state index contributed by atoms with van der Waals surface area (Å²) >= 11 is 0. The van der Waals surface area contributed by atoms with E-state index >= 15 is 0 Å². The first-order valence-corrected chi connectivity index (χ1v) is 14.3. The molecule has 9 aromatic rings. The Bertz CT molecular complexity index is 2460. The number of para-hydroxylation sites is 3. The average Bonchev–Trinajstić information content (AvgIpc) is 3.57. The highest BCUT2D eigenvalue weighted by Gasteiger charge is 2.17. The van der Waals surface area contributed by atoms with E-state index in [-0.39, 0.29) is 0 Å². The van der Waals surface area contributed by atoms with Crippen molar-refractivity contribution in [2.24, 2.45) is 0 Å². The minimum atomic E-state index is 0.965. The molecule has 0 unspecified atom stereocenters. The summed E-state index contributed by atoms with van der Waals surface area (Å²) in [4.78, 5) is 5.30. The lowest BCUT2D eigenvalue weighted by molar-refractivity contribution is 1.14. The highest BCUT2D eigenvalue weighted by Crippen LogP contribution is 2.37. The smallest absolute Gasteiger partial charge is 0.146 e. The van der Waals surface area contributed by atoms with Crippen molar-refractivity contribution in [3.8, 4) is 22.6 Å². The van der Waals surface area contributed by atoms with Crippen molar-refractivity contribution in [2.45, 2.75) is 0 Å². The lowest BCUT2D eigenvalue weighted by Gasteiger charge is -2.10. The molecule has 3 heteroatoms. The first-order valence-electron chi connectivity index (χ1n) is 14.3. The van der Waals surface area contributed by atoms with Crippen molar-refractivity contribution < 1.29 is 0 Å². The third-order valence-corrected chi connectivity index (χ3v) is 8.50. The largest absolute Gasteiger partial charge is 0.309 e. The van der Waals surface area contributed by atoms with Crippen LogP contribution in [0.25, 0.3) is 77.1 Å². The number of nitrogens with zero attached hydrogens (tertiary/aromatic N) is 3. The quantitative estimate of drug-likeness (QED) is 0.221. The van der Waals surface area contributed by atoms with Gasteiger partial charge in [0.05, 0.1) is 22.2 Å². The van der Waals surface area contributed by atoms with E-state index in [4.69, 9.17) is 4.98 Å². The Labute approximate surface area is 242 Å². The number of pyridine rings is 1. The fourth-order valence-corrected chi connectivity index (χ4v) is 6.56. The van der Waals surface area contributed by atoms with Crippen LogP contribution in [-0.4, -0.2) is 14.1 Å². The van der Waals surface area contributed by atoms with E-state index in [9.17, 15) is 0 Å². The molecule has 0 aliphatic heterocycles. The zero-order chi connectivity index (χ0) is 27.6. The van der Waals surface area contributed by atoms with Gasteiger partial charge in [-0.1, -0.05) is 91.0 Å². The predicted octanol–water partition coefficient (Wildman–Crippen LogP) is 10.1. The maximum absolute atomic E-state index is 5.30. The first kappa shape index (κ1) is 23.1. The van der Waals surface area contributed by atoms with Crippen molar-refractivity contribution in [2.75, 3.05) is 0 Å². The summed E-state index contributed by atoms with van der Waals surface area (Å²) in [6.07, 6.45) is 0. The third-order valence-electron chi connectivity index (χ3n) is 8.50. The summed E-state index contributed by atoms with van der Waals surface area (Å²) in [6.45, 7) is 0. The Kier molecular flexibility index (Phi) is 4.90. The Morgan fingerprint density at radius 2 is 1.05 bits per heavy atom. The fourth-order valence-electron chi connectivity index (χ4n) is 6.56. The number of benzene rings is 6. The summed E-state index contributed by atoms with van der Waals surface area (Å²) < 4.78 is 4.66. The number of hydrogen-bond acceptors (Lipinski definition) is 1. The molecule has 0 spiro atoms. The van der Waals surface area contributed by atoms with Crippen molar-refractivity contribution in [3.63, 3.8) is 0 Å². The van der Waals surface area contributed by atoms with Crippen LogP contribution < -0.4 is 0 Å². The molecule has 0 N–H and O–H groups in total. The van der Waals surface area contributed by atoms with Crippen LogP contribution in [0.1, 0.15) is 0 Å². The van der Waals surface area contributed by atoms with Gasteiger partial charge < -0.3 is 4.57 Å². The van der Waals surface area contributed by atoms with Crippen LogP contribution in [-0.2, 0) is 0 Å². The molecule has 0 amide bonds. The molecule has 196 valence electrons. The zero-order valence-electron chi connectivity index (χ0n) is 22.8. The second kappa shape index (κ2) is 8.92. The molecule has 0 fully saturated rings. The lowest BCUT2D eigenvalue weighted by Crippen LogP contribution is -1.96. The van der Waals surface area contributed by atoms with E-state index in [1.165, 1.54) is 43.7 Å². The number of aromatic nitrogens is 3. The number of rotatable bonds is 3. The van der Waals surface area contributed by atoms with Crippen molar-refractivity contribution in [1.29, 1.82) is 0 Å². The van der Waals surface area contributed by atoms with Gasteiger partial charge in [-0.3, -0.25) is 4.57 Å². The average molecular weight is 536 g/mol. The molecule has 0 radical (unpaired) electrons. The Morgan fingerprint density at radius 3 is 1.88 bits per heavy atom. The van der Waals surface area contributed by atoms with Crippen molar-refractivity contribution in [1.82, 2.24) is 14.1 Å². The molecular formula is C39H25N3. The molecule has 3 heterocycles. The summed E-state index contributed by atoms with van der Waals surface area (Å²) in [5.41, 5.74) is 8.88. The van der Waals surface area contributed by atoms with Crippen LogP contribution in [0.3, 0.4) is 0 Å². The third kappa shape index (κ3) is 3.37. The fraction of sp³-hybridized carbons (Fsp3) is 0. The Balaban J connectivity index is 1.27. The summed E-state index contributed by atoms with van der Waals surface area (Å²) in [5, 5.41) is 7.32. The van der Waals surface area contributed by atoms with Crippen molar-refractivity contribution in [3.05, 3.63) is 152 Å². The zero-order valence-corrected chi connectivity index (χ0v) is 22.8. The van der Waals surface area contributed by atoms with E-state index in [1.807, 2.05) is 0 Å². The van der Waals surface area contributed by atoms with E-state index in [1.54, 1.807) is 0 Å². The van der Waals surface area contributed by atoms with E-state index in [2.05, 4.69) is 161 Å². The van der Waals surface area contributed by atoms with Gasteiger partial charge in [0.2, 0.25) is 0 Å². The molecule has 0 aliphatic rings. The molecule has 0 bridgehead atoms. The van der Waals surface area contributed by atoms with Crippen LogP contribution in [0.2, 0.25) is 0 Å². The molecule has 3 nitrogen and oxygen atoms in total. The highest BCUT2D eigenvalue weighted by molar-refractivity contribution is 6.11.